The normalized spacial score (nSPS) is 25.5. The maximum atomic E-state index is 9.65. The van der Waals surface area contributed by atoms with Crippen molar-refractivity contribution in [2.24, 2.45) is 5.41 Å². The molecule has 0 heterocycles. The maximum Gasteiger partial charge on any atom is 0.0762 e. The first-order valence-electron chi connectivity index (χ1n) is 6.76. The SMILES string of the molecule is CC(O)c1cccc(C2CCCC(C)(C)C2)c1. The van der Waals surface area contributed by atoms with E-state index >= 15 is 0 Å². The van der Waals surface area contributed by atoms with Gasteiger partial charge in [0, 0.05) is 0 Å². The van der Waals surface area contributed by atoms with E-state index in [-0.39, 0.29) is 6.10 Å². The fourth-order valence-corrected chi connectivity index (χ4v) is 3.06. The van der Waals surface area contributed by atoms with Crippen LogP contribution in [0.3, 0.4) is 0 Å². The molecular weight excluding hydrogens is 208 g/mol. The lowest BCUT2D eigenvalue weighted by Gasteiger charge is -2.35. The van der Waals surface area contributed by atoms with Gasteiger partial charge in [0.2, 0.25) is 0 Å². The minimum absolute atomic E-state index is 0.355. The average molecular weight is 232 g/mol. The number of aliphatic hydroxyl groups is 1. The summed E-state index contributed by atoms with van der Waals surface area (Å²) in [4.78, 5) is 0. The standard InChI is InChI=1S/C16H24O/c1-12(17)13-6-4-7-14(10-13)15-8-5-9-16(2,3)11-15/h4,6-7,10,12,15,17H,5,8-9,11H2,1-3H3. The molecule has 2 rings (SSSR count). The van der Waals surface area contributed by atoms with E-state index in [9.17, 15) is 5.11 Å². The second-order valence-corrected chi connectivity index (χ2v) is 6.30. The van der Waals surface area contributed by atoms with Crippen LogP contribution in [0.4, 0.5) is 0 Å². The van der Waals surface area contributed by atoms with Gasteiger partial charge in [-0.05, 0) is 48.6 Å². The highest BCUT2D eigenvalue weighted by Gasteiger charge is 2.28. The number of hydrogen-bond acceptors (Lipinski definition) is 1. The number of benzene rings is 1. The zero-order valence-electron chi connectivity index (χ0n) is 11.2. The first-order chi connectivity index (χ1) is 7.98. The topological polar surface area (TPSA) is 20.2 Å². The third-order valence-electron chi connectivity index (χ3n) is 4.07. The van der Waals surface area contributed by atoms with Gasteiger partial charge < -0.3 is 5.11 Å². The monoisotopic (exact) mass is 232 g/mol. The van der Waals surface area contributed by atoms with Gasteiger partial charge in [-0.3, -0.25) is 0 Å². The smallest absolute Gasteiger partial charge is 0.0762 e. The number of hydrogen-bond donors (Lipinski definition) is 1. The van der Waals surface area contributed by atoms with Crippen LogP contribution in [0.2, 0.25) is 0 Å². The summed E-state index contributed by atoms with van der Waals surface area (Å²) in [5, 5.41) is 9.65. The van der Waals surface area contributed by atoms with Crippen molar-refractivity contribution in [2.45, 2.75) is 58.5 Å². The Bertz CT molecular complexity index is 379. The Morgan fingerprint density at radius 1 is 1.35 bits per heavy atom. The second kappa shape index (κ2) is 4.81. The highest BCUT2D eigenvalue weighted by atomic mass is 16.3. The zero-order valence-corrected chi connectivity index (χ0v) is 11.2. The predicted octanol–water partition coefficient (Wildman–Crippen LogP) is 4.42. The molecule has 1 nitrogen and oxygen atoms in total. The van der Waals surface area contributed by atoms with Gasteiger partial charge in [-0.15, -0.1) is 0 Å². The third-order valence-corrected chi connectivity index (χ3v) is 4.07. The average Bonchev–Trinajstić information content (AvgIpc) is 2.28. The summed E-state index contributed by atoms with van der Waals surface area (Å²) >= 11 is 0. The maximum absolute atomic E-state index is 9.65. The summed E-state index contributed by atoms with van der Waals surface area (Å²) < 4.78 is 0. The summed E-state index contributed by atoms with van der Waals surface area (Å²) in [6.45, 7) is 6.58. The van der Waals surface area contributed by atoms with Crippen molar-refractivity contribution in [3.63, 3.8) is 0 Å². The van der Waals surface area contributed by atoms with Crippen molar-refractivity contribution in [3.05, 3.63) is 35.4 Å². The molecule has 1 aliphatic rings. The molecule has 0 bridgehead atoms. The molecule has 0 aliphatic heterocycles. The van der Waals surface area contributed by atoms with Crippen LogP contribution in [0.1, 0.15) is 69.6 Å². The Morgan fingerprint density at radius 2 is 2.12 bits per heavy atom. The molecule has 94 valence electrons. The summed E-state index contributed by atoms with van der Waals surface area (Å²) in [6, 6.07) is 8.51. The Hall–Kier alpha value is -0.820. The van der Waals surface area contributed by atoms with E-state index in [2.05, 4.69) is 32.0 Å². The number of rotatable bonds is 2. The van der Waals surface area contributed by atoms with Gasteiger partial charge in [0.05, 0.1) is 6.10 Å². The van der Waals surface area contributed by atoms with E-state index < -0.39 is 0 Å². The zero-order chi connectivity index (χ0) is 12.5. The quantitative estimate of drug-likeness (QED) is 0.800. The molecule has 0 saturated heterocycles. The minimum atomic E-state index is -0.355. The molecule has 17 heavy (non-hydrogen) atoms. The molecule has 0 amide bonds. The molecule has 1 heteroatoms. The highest BCUT2D eigenvalue weighted by molar-refractivity contribution is 5.28. The Labute approximate surface area is 105 Å². The molecule has 0 radical (unpaired) electrons. The van der Waals surface area contributed by atoms with Gasteiger partial charge in [-0.25, -0.2) is 0 Å². The molecule has 1 aromatic carbocycles. The molecular formula is C16H24O. The first-order valence-corrected chi connectivity index (χ1v) is 6.76. The summed E-state index contributed by atoms with van der Waals surface area (Å²) in [7, 11) is 0. The van der Waals surface area contributed by atoms with Gasteiger partial charge in [0.15, 0.2) is 0 Å². The van der Waals surface area contributed by atoms with E-state index in [1.807, 2.05) is 13.0 Å². The molecule has 1 aromatic rings. The van der Waals surface area contributed by atoms with Crippen LogP contribution in [0, 0.1) is 5.41 Å². The van der Waals surface area contributed by atoms with Crippen LogP contribution in [0.5, 0.6) is 0 Å². The van der Waals surface area contributed by atoms with Gasteiger partial charge in [-0.2, -0.15) is 0 Å². The molecule has 2 unspecified atom stereocenters. The molecule has 0 spiro atoms. The van der Waals surface area contributed by atoms with Crippen molar-refractivity contribution < 1.29 is 5.11 Å². The first kappa shape index (κ1) is 12.6. The summed E-state index contributed by atoms with van der Waals surface area (Å²) in [5.74, 6) is 0.678. The Morgan fingerprint density at radius 3 is 2.76 bits per heavy atom. The van der Waals surface area contributed by atoms with Gasteiger partial charge in [-0.1, -0.05) is 44.5 Å². The predicted molar refractivity (Wildman–Crippen MR) is 72.1 cm³/mol. The van der Waals surface area contributed by atoms with Crippen LogP contribution in [-0.4, -0.2) is 5.11 Å². The fourth-order valence-electron chi connectivity index (χ4n) is 3.06. The molecule has 1 N–H and O–H groups in total. The van der Waals surface area contributed by atoms with Crippen LogP contribution in [0.15, 0.2) is 24.3 Å². The molecule has 1 fully saturated rings. The molecule has 1 aliphatic carbocycles. The van der Waals surface area contributed by atoms with Crippen LogP contribution in [-0.2, 0) is 0 Å². The van der Waals surface area contributed by atoms with Gasteiger partial charge in [0.25, 0.3) is 0 Å². The lowest BCUT2D eigenvalue weighted by Crippen LogP contribution is -2.21. The van der Waals surface area contributed by atoms with Crippen molar-refractivity contribution in [1.82, 2.24) is 0 Å². The summed E-state index contributed by atoms with van der Waals surface area (Å²) in [6.07, 6.45) is 4.89. The van der Waals surface area contributed by atoms with Crippen molar-refractivity contribution in [1.29, 1.82) is 0 Å². The van der Waals surface area contributed by atoms with E-state index in [1.54, 1.807) is 0 Å². The fraction of sp³-hybridized carbons (Fsp3) is 0.625. The van der Waals surface area contributed by atoms with E-state index in [4.69, 9.17) is 0 Å². The Kier molecular flexibility index (Phi) is 3.58. The molecule has 1 saturated carbocycles. The van der Waals surface area contributed by atoms with E-state index in [1.165, 1.54) is 31.2 Å². The largest absolute Gasteiger partial charge is 0.389 e. The van der Waals surface area contributed by atoms with Crippen molar-refractivity contribution in [3.8, 4) is 0 Å². The summed E-state index contributed by atoms with van der Waals surface area (Å²) in [5.41, 5.74) is 2.94. The minimum Gasteiger partial charge on any atom is -0.389 e. The van der Waals surface area contributed by atoms with Crippen molar-refractivity contribution in [2.75, 3.05) is 0 Å². The second-order valence-electron chi connectivity index (χ2n) is 6.30. The van der Waals surface area contributed by atoms with Gasteiger partial charge in [0.1, 0.15) is 0 Å². The van der Waals surface area contributed by atoms with Crippen LogP contribution >= 0.6 is 0 Å². The van der Waals surface area contributed by atoms with Gasteiger partial charge >= 0.3 is 0 Å². The van der Waals surface area contributed by atoms with Crippen LogP contribution < -0.4 is 0 Å². The van der Waals surface area contributed by atoms with Crippen LogP contribution in [0.25, 0.3) is 0 Å². The lowest BCUT2D eigenvalue weighted by atomic mass is 9.70. The van der Waals surface area contributed by atoms with Crippen molar-refractivity contribution >= 4 is 0 Å². The molecule has 2 atom stereocenters. The van der Waals surface area contributed by atoms with E-state index in [0.717, 1.165) is 5.56 Å². The Balaban J connectivity index is 2.19. The van der Waals surface area contributed by atoms with E-state index in [0.29, 0.717) is 11.3 Å². The lowest BCUT2D eigenvalue weighted by molar-refractivity contribution is 0.198. The third kappa shape index (κ3) is 3.10. The highest BCUT2D eigenvalue weighted by Crippen LogP contribution is 2.43. The number of aliphatic hydroxyl groups excluding tert-OH is 1. The molecule has 0 aromatic heterocycles.